The van der Waals surface area contributed by atoms with Crippen molar-refractivity contribution in [3.63, 3.8) is 0 Å². The molecule has 1 aliphatic rings. The summed E-state index contributed by atoms with van der Waals surface area (Å²) < 4.78 is 42.0. The van der Waals surface area contributed by atoms with Crippen molar-refractivity contribution in [2.24, 2.45) is 0 Å². The predicted octanol–water partition coefficient (Wildman–Crippen LogP) is 2.54. The number of aromatic nitrogens is 2. The van der Waals surface area contributed by atoms with Crippen LogP contribution in [-0.2, 0) is 11.3 Å². The number of amides is 1. The molecule has 30 heavy (non-hydrogen) atoms. The van der Waals surface area contributed by atoms with Gasteiger partial charge in [-0.25, -0.2) is 9.97 Å². The van der Waals surface area contributed by atoms with Crippen LogP contribution >= 0.6 is 0 Å². The summed E-state index contributed by atoms with van der Waals surface area (Å²) in [4.78, 5) is 26.9. The lowest BCUT2D eigenvalue weighted by Crippen LogP contribution is -2.53. The highest BCUT2D eigenvalue weighted by Gasteiger charge is 2.33. The van der Waals surface area contributed by atoms with Crippen LogP contribution in [0.2, 0.25) is 0 Å². The van der Waals surface area contributed by atoms with Gasteiger partial charge in [0.25, 0.3) is 0 Å². The molecule has 1 unspecified atom stereocenters. The van der Waals surface area contributed by atoms with E-state index in [1.54, 1.807) is 54.4 Å². The molecule has 1 aliphatic heterocycles. The van der Waals surface area contributed by atoms with Crippen molar-refractivity contribution in [2.45, 2.75) is 25.9 Å². The van der Waals surface area contributed by atoms with Gasteiger partial charge in [0, 0.05) is 50.7 Å². The van der Waals surface area contributed by atoms with E-state index >= 15 is 0 Å². The van der Waals surface area contributed by atoms with Gasteiger partial charge < -0.3 is 14.5 Å². The molecule has 1 atom stereocenters. The fraction of sp³-hybridized carbons (Fsp3) is 0.450. The first kappa shape index (κ1) is 21.8. The Morgan fingerprint density at radius 2 is 1.77 bits per heavy atom. The highest BCUT2D eigenvalue weighted by molar-refractivity contribution is 5.81. The van der Waals surface area contributed by atoms with Crippen LogP contribution in [0.3, 0.4) is 0 Å². The van der Waals surface area contributed by atoms with Gasteiger partial charge >= 0.3 is 6.36 Å². The third kappa shape index (κ3) is 5.59. The summed E-state index contributed by atoms with van der Waals surface area (Å²) in [5, 5.41) is 0. The van der Waals surface area contributed by atoms with E-state index in [0.717, 1.165) is 0 Å². The second kappa shape index (κ2) is 9.29. The van der Waals surface area contributed by atoms with Gasteiger partial charge in [-0.2, -0.15) is 0 Å². The first-order valence-corrected chi connectivity index (χ1v) is 9.59. The second-order valence-electron chi connectivity index (χ2n) is 7.11. The van der Waals surface area contributed by atoms with E-state index in [0.29, 0.717) is 37.7 Å². The molecular weight excluding hydrogens is 399 g/mol. The van der Waals surface area contributed by atoms with Gasteiger partial charge in [-0.05, 0) is 26.1 Å². The van der Waals surface area contributed by atoms with Crippen LogP contribution in [0.4, 0.5) is 19.1 Å². The normalized spacial score (nSPS) is 15.9. The molecule has 1 fully saturated rings. The van der Waals surface area contributed by atoms with Gasteiger partial charge in [0.2, 0.25) is 11.9 Å². The van der Waals surface area contributed by atoms with Crippen LogP contribution in [0.1, 0.15) is 12.5 Å². The van der Waals surface area contributed by atoms with Crippen LogP contribution in [0.5, 0.6) is 5.75 Å². The zero-order chi connectivity index (χ0) is 21.7. The standard InChI is InChI=1S/C20H24F3N5O2/c1-15(26(2)14-16-6-3-4-7-17(16)30-20(21,22)23)18(29)27-10-12-28(13-11-27)19-24-8-5-9-25-19/h3-9,15H,10-14H2,1-2H3. The van der Waals surface area contributed by atoms with Gasteiger partial charge in [-0.3, -0.25) is 9.69 Å². The Balaban J connectivity index is 1.58. The van der Waals surface area contributed by atoms with Crippen LogP contribution in [-0.4, -0.2) is 71.3 Å². The molecule has 1 saturated heterocycles. The number of ether oxygens (including phenoxy) is 1. The average Bonchev–Trinajstić information content (AvgIpc) is 2.74. The highest BCUT2D eigenvalue weighted by Crippen LogP contribution is 2.27. The Kier molecular flexibility index (Phi) is 6.76. The molecule has 3 rings (SSSR count). The molecule has 2 aromatic rings. The average molecular weight is 423 g/mol. The second-order valence-corrected chi connectivity index (χ2v) is 7.11. The molecule has 7 nitrogen and oxygen atoms in total. The summed E-state index contributed by atoms with van der Waals surface area (Å²) in [6.45, 7) is 4.20. The van der Waals surface area contributed by atoms with Gasteiger partial charge in [0.1, 0.15) is 5.75 Å². The molecule has 0 N–H and O–H groups in total. The Labute approximate surface area is 173 Å². The summed E-state index contributed by atoms with van der Waals surface area (Å²) in [5.74, 6) is 0.310. The Morgan fingerprint density at radius 1 is 1.13 bits per heavy atom. The number of alkyl halides is 3. The molecule has 0 bridgehead atoms. The van der Waals surface area contributed by atoms with Crippen molar-refractivity contribution in [3.05, 3.63) is 48.3 Å². The van der Waals surface area contributed by atoms with Crippen LogP contribution in [0.15, 0.2) is 42.7 Å². The zero-order valence-electron chi connectivity index (χ0n) is 16.8. The van der Waals surface area contributed by atoms with Crippen molar-refractivity contribution in [3.8, 4) is 5.75 Å². The Bertz CT molecular complexity index is 842. The Morgan fingerprint density at radius 3 is 2.40 bits per heavy atom. The number of hydrogen-bond acceptors (Lipinski definition) is 6. The number of carbonyl (C=O) groups excluding carboxylic acids is 1. The van der Waals surface area contributed by atoms with Crippen molar-refractivity contribution in [1.82, 2.24) is 19.8 Å². The fourth-order valence-electron chi connectivity index (χ4n) is 3.30. The molecule has 0 saturated carbocycles. The third-order valence-electron chi connectivity index (χ3n) is 5.06. The van der Waals surface area contributed by atoms with Gasteiger partial charge in [0.15, 0.2) is 0 Å². The molecule has 1 aromatic heterocycles. The van der Waals surface area contributed by atoms with Gasteiger partial charge in [-0.1, -0.05) is 18.2 Å². The van der Waals surface area contributed by atoms with Crippen LogP contribution in [0, 0.1) is 0 Å². The number of likely N-dealkylation sites (N-methyl/N-ethyl adjacent to an activating group) is 1. The number of anilines is 1. The number of benzene rings is 1. The largest absolute Gasteiger partial charge is 0.573 e. The summed E-state index contributed by atoms with van der Waals surface area (Å²) in [7, 11) is 1.71. The molecule has 162 valence electrons. The maximum atomic E-state index is 12.9. The molecule has 1 amide bonds. The van der Waals surface area contributed by atoms with Crippen molar-refractivity contribution in [1.29, 1.82) is 0 Å². The maximum absolute atomic E-state index is 12.9. The first-order valence-electron chi connectivity index (χ1n) is 9.59. The minimum atomic E-state index is -4.77. The summed E-state index contributed by atoms with van der Waals surface area (Å²) in [6.07, 6.45) is -1.41. The lowest BCUT2D eigenvalue weighted by molar-refractivity contribution is -0.275. The SMILES string of the molecule is CC(C(=O)N1CCN(c2ncccn2)CC1)N(C)Cc1ccccc1OC(F)(F)F. The number of para-hydroxylation sites is 1. The zero-order valence-corrected chi connectivity index (χ0v) is 16.8. The molecule has 0 aliphatic carbocycles. The third-order valence-corrected chi connectivity index (χ3v) is 5.06. The molecule has 0 radical (unpaired) electrons. The fourth-order valence-corrected chi connectivity index (χ4v) is 3.30. The number of halogens is 3. The predicted molar refractivity (Wildman–Crippen MR) is 105 cm³/mol. The number of carbonyl (C=O) groups is 1. The summed E-state index contributed by atoms with van der Waals surface area (Å²) in [5.41, 5.74) is 0.364. The Hall–Kier alpha value is -2.88. The van der Waals surface area contributed by atoms with E-state index < -0.39 is 12.4 Å². The van der Waals surface area contributed by atoms with Crippen molar-refractivity contribution >= 4 is 11.9 Å². The lowest BCUT2D eigenvalue weighted by atomic mass is 10.1. The van der Waals surface area contributed by atoms with Gasteiger partial charge in [0.05, 0.1) is 6.04 Å². The van der Waals surface area contributed by atoms with E-state index in [4.69, 9.17) is 0 Å². The van der Waals surface area contributed by atoms with Crippen molar-refractivity contribution < 1.29 is 22.7 Å². The topological polar surface area (TPSA) is 61.8 Å². The number of nitrogens with zero attached hydrogens (tertiary/aromatic N) is 5. The number of rotatable bonds is 6. The molecule has 1 aromatic carbocycles. The monoisotopic (exact) mass is 423 g/mol. The smallest absolute Gasteiger partial charge is 0.405 e. The van der Waals surface area contributed by atoms with Gasteiger partial charge in [-0.15, -0.1) is 13.2 Å². The minimum absolute atomic E-state index is 0.0691. The van der Waals surface area contributed by atoms with Crippen molar-refractivity contribution in [2.75, 3.05) is 38.1 Å². The van der Waals surface area contributed by atoms with E-state index in [1.807, 2.05) is 4.90 Å². The first-order chi connectivity index (χ1) is 14.2. The molecular formula is C20H24F3N5O2. The number of piperazine rings is 1. The number of hydrogen-bond donors (Lipinski definition) is 0. The van der Waals surface area contributed by atoms with E-state index in [2.05, 4.69) is 14.7 Å². The maximum Gasteiger partial charge on any atom is 0.573 e. The lowest BCUT2D eigenvalue weighted by Gasteiger charge is -2.37. The van der Waals surface area contributed by atoms with E-state index in [-0.39, 0.29) is 18.2 Å². The molecule has 0 spiro atoms. The summed E-state index contributed by atoms with van der Waals surface area (Å²) >= 11 is 0. The van der Waals surface area contributed by atoms with E-state index in [1.165, 1.54) is 12.1 Å². The molecule has 10 heteroatoms. The molecule has 2 heterocycles. The summed E-state index contributed by atoms with van der Waals surface area (Å²) in [6, 6.07) is 7.21. The highest BCUT2D eigenvalue weighted by atomic mass is 19.4. The van der Waals surface area contributed by atoms with Crippen LogP contribution in [0.25, 0.3) is 0 Å². The minimum Gasteiger partial charge on any atom is -0.405 e. The van der Waals surface area contributed by atoms with Crippen LogP contribution < -0.4 is 9.64 Å². The quantitative estimate of drug-likeness (QED) is 0.712. The van der Waals surface area contributed by atoms with E-state index in [9.17, 15) is 18.0 Å².